The number of methoxy groups -OCH3 is 1. The Morgan fingerprint density at radius 3 is 2.47 bits per heavy atom. The lowest BCUT2D eigenvalue weighted by molar-refractivity contribution is -1.03. The fourth-order valence-corrected chi connectivity index (χ4v) is 3.24. The molecule has 1 fully saturated rings. The summed E-state index contributed by atoms with van der Waals surface area (Å²) in [5.74, 6) is 1.01. The Morgan fingerprint density at radius 2 is 1.89 bits per heavy atom. The third-order valence-corrected chi connectivity index (χ3v) is 4.59. The molecule has 2 rings (SSSR count). The molecule has 0 aliphatic carbocycles. The molecule has 0 bridgehead atoms. The van der Waals surface area contributed by atoms with Crippen LogP contribution < -0.4 is 14.5 Å². The van der Waals surface area contributed by atoms with Gasteiger partial charge in [-0.15, -0.1) is 0 Å². The third-order valence-electron chi connectivity index (χ3n) is 4.10. The van der Waals surface area contributed by atoms with Gasteiger partial charge in [0.1, 0.15) is 38.5 Å². The van der Waals surface area contributed by atoms with Crippen LogP contribution in [0.25, 0.3) is 0 Å². The van der Waals surface area contributed by atoms with E-state index in [0.717, 1.165) is 22.8 Å². The molecule has 1 heterocycles. The van der Waals surface area contributed by atoms with Crippen LogP contribution in [0.3, 0.4) is 0 Å². The van der Waals surface area contributed by atoms with Crippen LogP contribution >= 0.6 is 15.9 Å². The van der Waals surface area contributed by atoms with Gasteiger partial charge in [0.25, 0.3) is 0 Å². The fraction of sp³-hybridized carbons (Fsp3) is 0.600. The number of piperazine rings is 1. The second-order valence-electron chi connectivity index (χ2n) is 5.70. The molecular formula is C15H25BrN2O+2. The number of hydrogen-bond donors (Lipinski definition) is 2. The van der Waals surface area contributed by atoms with E-state index in [1.54, 1.807) is 16.9 Å². The summed E-state index contributed by atoms with van der Waals surface area (Å²) >= 11 is 3.55. The van der Waals surface area contributed by atoms with Crippen LogP contribution in [0, 0.1) is 0 Å². The van der Waals surface area contributed by atoms with Gasteiger partial charge in [-0.3, -0.25) is 0 Å². The van der Waals surface area contributed by atoms with Crippen molar-refractivity contribution in [2.24, 2.45) is 0 Å². The lowest BCUT2D eigenvalue weighted by atomic mass is 10.1. The summed E-state index contributed by atoms with van der Waals surface area (Å²) < 4.78 is 6.60. The van der Waals surface area contributed by atoms with Crippen LogP contribution in [-0.4, -0.2) is 39.3 Å². The minimum atomic E-state index is 0.752. The number of benzene rings is 1. The van der Waals surface area contributed by atoms with E-state index in [4.69, 9.17) is 4.74 Å². The zero-order valence-electron chi connectivity index (χ0n) is 12.1. The van der Waals surface area contributed by atoms with Crippen molar-refractivity contribution in [3.05, 3.63) is 28.2 Å². The summed E-state index contributed by atoms with van der Waals surface area (Å²) in [4.78, 5) is 3.41. The second kappa shape index (κ2) is 6.73. The van der Waals surface area contributed by atoms with E-state index >= 15 is 0 Å². The van der Waals surface area contributed by atoms with Crippen molar-refractivity contribution in [2.45, 2.75) is 26.4 Å². The van der Waals surface area contributed by atoms with Gasteiger partial charge in [-0.2, -0.15) is 0 Å². The Hall–Kier alpha value is -0.580. The first-order valence-corrected chi connectivity index (χ1v) is 7.90. The molecule has 0 atom stereocenters. The summed E-state index contributed by atoms with van der Waals surface area (Å²) in [7, 11) is 1.75. The maximum absolute atomic E-state index is 5.46. The van der Waals surface area contributed by atoms with Crippen molar-refractivity contribution in [1.82, 2.24) is 0 Å². The number of halogens is 1. The summed E-state index contributed by atoms with van der Waals surface area (Å²) in [6.07, 6.45) is 0. The van der Waals surface area contributed by atoms with Crippen molar-refractivity contribution in [3.63, 3.8) is 0 Å². The number of quaternary nitrogens is 2. The lowest BCUT2D eigenvalue weighted by Gasteiger charge is -2.32. The molecule has 1 aliphatic rings. The first-order valence-electron chi connectivity index (χ1n) is 7.10. The standard InChI is InChI=1S/C15H23BrN2O/c1-12(2)18-8-6-17(7-9-18)11-13-10-14(16)4-5-15(13)19-3/h4-5,10,12H,6-9,11H2,1-3H3/p+2. The predicted octanol–water partition coefficient (Wildman–Crippen LogP) is 0.150. The number of ether oxygens (including phenoxy) is 1. The molecule has 2 N–H and O–H groups in total. The molecule has 3 nitrogen and oxygen atoms in total. The molecule has 1 aromatic rings. The van der Waals surface area contributed by atoms with Crippen LogP contribution in [0.1, 0.15) is 19.4 Å². The van der Waals surface area contributed by atoms with Gasteiger partial charge in [0, 0.05) is 10.0 Å². The number of hydrogen-bond acceptors (Lipinski definition) is 1. The summed E-state index contributed by atoms with van der Waals surface area (Å²) in [6.45, 7) is 10.8. The maximum atomic E-state index is 5.46. The average Bonchev–Trinajstić information content (AvgIpc) is 2.39. The van der Waals surface area contributed by atoms with Gasteiger partial charge in [0.05, 0.1) is 13.2 Å². The molecule has 0 spiro atoms. The van der Waals surface area contributed by atoms with Gasteiger partial charge in [0.15, 0.2) is 0 Å². The number of nitrogens with one attached hydrogen (secondary N) is 2. The van der Waals surface area contributed by atoms with E-state index in [9.17, 15) is 0 Å². The highest BCUT2D eigenvalue weighted by Gasteiger charge is 2.25. The highest BCUT2D eigenvalue weighted by molar-refractivity contribution is 9.10. The van der Waals surface area contributed by atoms with Gasteiger partial charge in [-0.25, -0.2) is 0 Å². The normalized spacial score (nSPS) is 23.6. The highest BCUT2D eigenvalue weighted by Crippen LogP contribution is 2.22. The first-order chi connectivity index (χ1) is 9.10. The second-order valence-corrected chi connectivity index (χ2v) is 6.61. The molecule has 4 heteroatoms. The van der Waals surface area contributed by atoms with Gasteiger partial charge in [-0.1, -0.05) is 15.9 Å². The Bertz CT molecular complexity index is 415. The SMILES string of the molecule is COc1ccc(Br)cc1C[NH+]1CC[NH+](C(C)C)CC1. The maximum Gasteiger partial charge on any atom is 0.127 e. The summed E-state index contributed by atoms with van der Waals surface area (Å²) in [5.41, 5.74) is 1.31. The largest absolute Gasteiger partial charge is 0.496 e. The molecule has 0 amide bonds. The van der Waals surface area contributed by atoms with Gasteiger partial charge < -0.3 is 14.5 Å². The molecule has 1 aliphatic heterocycles. The Labute approximate surface area is 124 Å². The van der Waals surface area contributed by atoms with Crippen molar-refractivity contribution in [1.29, 1.82) is 0 Å². The van der Waals surface area contributed by atoms with Crippen molar-refractivity contribution >= 4 is 15.9 Å². The minimum absolute atomic E-state index is 0.752. The van der Waals surface area contributed by atoms with Gasteiger partial charge in [0.2, 0.25) is 0 Å². The van der Waals surface area contributed by atoms with E-state index in [0.29, 0.717) is 0 Å². The molecule has 19 heavy (non-hydrogen) atoms. The molecule has 1 aromatic carbocycles. The van der Waals surface area contributed by atoms with Crippen molar-refractivity contribution in [2.75, 3.05) is 33.3 Å². The lowest BCUT2D eigenvalue weighted by Crippen LogP contribution is -3.28. The smallest absolute Gasteiger partial charge is 0.127 e. The predicted molar refractivity (Wildman–Crippen MR) is 80.9 cm³/mol. The van der Waals surface area contributed by atoms with E-state index in [1.807, 2.05) is 6.07 Å². The molecule has 0 unspecified atom stereocenters. The average molecular weight is 329 g/mol. The van der Waals surface area contributed by atoms with Crippen LogP contribution in [0.5, 0.6) is 5.75 Å². The Kier molecular flexibility index (Phi) is 5.25. The molecular weight excluding hydrogens is 304 g/mol. The van der Waals surface area contributed by atoms with Crippen molar-refractivity contribution < 1.29 is 14.5 Å². The van der Waals surface area contributed by atoms with E-state index in [-0.39, 0.29) is 0 Å². The highest BCUT2D eigenvalue weighted by atomic mass is 79.9. The third kappa shape index (κ3) is 3.94. The number of rotatable bonds is 4. The molecule has 0 aromatic heterocycles. The van der Waals surface area contributed by atoms with Gasteiger partial charge >= 0.3 is 0 Å². The van der Waals surface area contributed by atoms with E-state index in [1.165, 1.54) is 31.7 Å². The summed E-state index contributed by atoms with van der Waals surface area (Å²) in [5, 5.41) is 0. The Balaban J connectivity index is 1.97. The van der Waals surface area contributed by atoms with Crippen LogP contribution in [0.15, 0.2) is 22.7 Å². The fourth-order valence-electron chi connectivity index (χ4n) is 2.83. The van der Waals surface area contributed by atoms with Crippen LogP contribution in [0.4, 0.5) is 0 Å². The zero-order chi connectivity index (χ0) is 13.8. The first kappa shape index (κ1) is 14.8. The zero-order valence-corrected chi connectivity index (χ0v) is 13.7. The van der Waals surface area contributed by atoms with Crippen LogP contribution in [0.2, 0.25) is 0 Å². The van der Waals surface area contributed by atoms with Crippen molar-refractivity contribution in [3.8, 4) is 5.75 Å². The molecule has 106 valence electrons. The quantitative estimate of drug-likeness (QED) is 0.805. The van der Waals surface area contributed by atoms with Crippen LogP contribution in [-0.2, 0) is 6.54 Å². The molecule has 0 saturated carbocycles. The topological polar surface area (TPSA) is 18.1 Å². The monoisotopic (exact) mass is 328 g/mol. The molecule has 1 saturated heterocycles. The van der Waals surface area contributed by atoms with Gasteiger partial charge in [-0.05, 0) is 32.0 Å². The van der Waals surface area contributed by atoms with E-state index < -0.39 is 0 Å². The molecule has 0 radical (unpaired) electrons. The van der Waals surface area contributed by atoms with E-state index in [2.05, 4.69) is 41.9 Å². The minimum Gasteiger partial charge on any atom is -0.496 e. The summed E-state index contributed by atoms with van der Waals surface area (Å²) in [6, 6.07) is 7.03. The Morgan fingerprint density at radius 1 is 1.21 bits per heavy atom.